The Morgan fingerprint density at radius 3 is 1.71 bits per heavy atom. The molecule has 0 aliphatic carbocycles. The van der Waals surface area contributed by atoms with Crippen LogP contribution in [0.25, 0.3) is 128 Å². The van der Waals surface area contributed by atoms with Crippen LogP contribution in [0.1, 0.15) is 0 Å². The van der Waals surface area contributed by atoms with E-state index in [-0.39, 0.29) is 0 Å². The number of rotatable bonds is 6. The highest BCUT2D eigenvalue weighted by molar-refractivity contribution is 6.22. The summed E-state index contributed by atoms with van der Waals surface area (Å²) in [6.07, 6.45) is 0. The lowest BCUT2D eigenvalue weighted by Gasteiger charge is -2.10. The minimum atomic E-state index is 0.524. The molecule has 63 heavy (non-hydrogen) atoms. The first-order valence-corrected chi connectivity index (χ1v) is 21.1. The molecule has 0 unspecified atom stereocenters. The third kappa shape index (κ3) is 5.69. The first-order valence-electron chi connectivity index (χ1n) is 21.1. The third-order valence-electron chi connectivity index (χ3n) is 12.3. The molecule has 0 saturated heterocycles. The van der Waals surface area contributed by atoms with Gasteiger partial charge >= 0.3 is 0 Å². The average molecular weight is 807 g/mol. The van der Waals surface area contributed by atoms with E-state index in [1.165, 1.54) is 5.56 Å². The highest BCUT2D eigenvalue weighted by Crippen LogP contribution is 2.43. The van der Waals surface area contributed by atoms with Gasteiger partial charge in [-0.3, -0.25) is 0 Å². The summed E-state index contributed by atoms with van der Waals surface area (Å²) in [5, 5.41) is 6.34. The molecule has 0 aliphatic rings. The van der Waals surface area contributed by atoms with Gasteiger partial charge < -0.3 is 13.4 Å². The Bertz CT molecular complexity index is 3900. The van der Waals surface area contributed by atoms with Gasteiger partial charge in [-0.2, -0.15) is 0 Å². The third-order valence-corrected chi connectivity index (χ3v) is 12.3. The smallest absolute Gasteiger partial charge is 0.167 e. The van der Waals surface area contributed by atoms with Gasteiger partial charge in [0.15, 0.2) is 23.1 Å². The van der Waals surface area contributed by atoms with Gasteiger partial charge in [-0.15, -0.1) is 0 Å². The number of aromatic nitrogens is 4. The van der Waals surface area contributed by atoms with Crippen LogP contribution in [0, 0.1) is 0 Å². The minimum absolute atomic E-state index is 0.524. The summed E-state index contributed by atoms with van der Waals surface area (Å²) >= 11 is 0. The first kappa shape index (κ1) is 35.2. The van der Waals surface area contributed by atoms with Crippen LogP contribution in [-0.2, 0) is 0 Å². The molecule has 0 aliphatic heterocycles. The van der Waals surface area contributed by atoms with E-state index in [0.29, 0.717) is 23.1 Å². The molecular weight excluding hydrogens is 773 g/mol. The van der Waals surface area contributed by atoms with Crippen molar-refractivity contribution in [2.75, 3.05) is 0 Å². The monoisotopic (exact) mass is 806 g/mol. The van der Waals surface area contributed by atoms with Gasteiger partial charge in [-0.25, -0.2) is 15.0 Å². The van der Waals surface area contributed by atoms with Crippen LogP contribution in [0.5, 0.6) is 0 Å². The fraction of sp³-hybridized carbons (Fsp3) is 0. The Labute approximate surface area is 361 Å². The summed E-state index contributed by atoms with van der Waals surface area (Å²) in [4.78, 5) is 15.6. The van der Waals surface area contributed by atoms with Crippen LogP contribution < -0.4 is 0 Å². The van der Waals surface area contributed by atoms with Crippen LogP contribution in [0.2, 0.25) is 0 Å². The number of hydrogen-bond donors (Lipinski definition) is 0. The first-order chi connectivity index (χ1) is 31.2. The lowest BCUT2D eigenvalue weighted by molar-refractivity contribution is 0.669. The molecule has 13 rings (SSSR count). The molecule has 0 saturated carbocycles. The second kappa shape index (κ2) is 14.0. The molecule has 6 heteroatoms. The van der Waals surface area contributed by atoms with Gasteiger partial charge in [0.05, 0.1) is 16.6 Å². The van der Waals surface area contributed by atoms with Crippen molar-refractivity contribution in [1.82, 2.24) is 19.5 Å². The molecular formula is C57H34N4O2. The lowest BCUT2D eigenvalue weighted by Crippen LogP contribution is -2.00. The minimum Gasteiger partial charge on any atom is -0.456 e. The molecule has 9 aromatic carbocycles. The van der Waals surface area contributed by atoms with E-state index in [9.17, 15) is 0 Å². The summed E-state index contributed by atoms with van der Waals surface area (Å²) in [7, 11) is 0. The van der Waals surface area contributed by atoms with E-state index in [0.717, 1.165) is 99.2 Å². The molecule has 0 bridgehead atoms. The Kier molecular flexibility index (Phi) is 7.80. The number of para-hydroxylation sites is 3. The molecule has 0 N–H and O–H groups in total. The predicted octanol–water partition coefficient (Wildman–Crippen LogP) is 15.1. The second-order valence-electron chi connectivity index (χ2n) is 16.0. The van der Waals surface area contributed by atoms with Crippen molar-refractivity contribution in [3.05, 3.63) is 206 Å². The zero-order chi connectivity index (χ0) is 41.4. The van der Waals surface area contributed by atoms with E-state index in [1.807, 2.05) is 36.4 Å². The second-order valence-corrected chi connectivity index (χ2v) is 16.0. The maximum atomic E-state index is 7.18. The van der Waals surface area contributed by atoms with Gasteiger partial charge in [0.2, 0.25) is 0 Å². The van der Waals surface area contributed by atoms with Crippen molar-refractivity contribution < 1.29 is 8.83 Å². The standard InChI is InChI=1S/C57H34N4O2/c1-3-13-35(14-4-1)37-25-27-38(28-26-37)55-58-56(40-29-32-51-48(34-40)43-20-8-10-24-50(43)62-51)60-57(59-55)47-22-12-21-45-46-31-30-44-42-19-7-9-23-49(42)61(52(44)54(46)63-53(45)47)41-18-11-17-39(33-41)36-15-5-2-6-16-36/h1-34H. The van der Waals surface area contributed by atoms with Gasteiger partial charge in [0, 0.05) is 49.1 Å². The van der Waals surface area contributed by atoms with Gasteiger partial charge in [-0.1, -0.05) is 152 Å². The largest absolute Gasteiger partial charge is 0.456 e. The van der Waals surface area contributed by atoms with E-state index in [1.54, 1.807) is 0 Å². The summed E-state index contributed by atoms with van der Waals surface area (Å²) in [6, 6.07) is 71.6. The van der Waals surface area contributed by atoms with E-state index < -0.39 is 0 Å². The molecule has 6 nitrogen and oxygen atoms in total. The van der Waals surface area contributed by atoms with Crippen LogP contribution in [0.3, 0.4) is 0 Å². The zero-order valence-electron chi connectivity index (χ0n) is 33.7. The van der Waals surface area contributed by atoms with Crippen molar-refractivity contribution >= 4 is 65.7 Å². The molecule has 4 aromatic heterocycles. The Morgan fingerprint density at radius 1 is 0.317 bits per heavy atom. The van der Waals surface area contributed by atoms with Crippen molar-refractivity contribution in [3.8, 4) is 62.1 Å². The number of benzene rings is 9. The predicted molar refractivity (Wildman–Crippen MR) is 256 cm³/mol. The van der Waals surface area contributed by atoms with E-state index >= 15 is 0 Å². The lowest BCUT2D eigenvalue weighted by atomic mass is 10.0. The molecule has 294 valence electrons. The average Bonchev–Trinajstić information content (AvgIpc) is 4.04. The van der Waals surface area contributed by atoms with Crippen molar-refractivity contribution in [2.45, 2.75) is 0 Å². The highest BCUT2D eigenvalue weighted by atomic mass is 16.3. The summed E-state index contributed by atoms with van der Waals surface area (Å²) in [5.41, 5.74) is 13.5. The van der Waals surface area contributed by atoms with E-state index in [2.05, 4.69) is 174 Å². The highest BCUT2D eigenvalue weighted by Gasteiger charge is 2.23. The maximum absolute atomic E-state index is 7.18. The Morgan fingerprint density at radius 2 is 0.889 bits per heavy atom. The molecule has 13 aromatic rings. The zero-order valence-corrected chi connectivity index (χ0v) is 33.7. The maximum Gasteiger partial charge on any atom is 0.167 e. The fourth-order valence-electron chi connectivity index (χ4n) is 9.27. The van der Waals surface area contributed by atoms with Crippen molar-refractivity contribution in [3.63, 3.8) is 0 Å². The van der Waals surface area contributed by atoms with Crippen LogP contribution in [-0.4, -0.2) is 19.5 Å². The number of nitrogens with zero attached hydrogens (tertiary/aromatic N) is 4. The SMILES string of the molecule is c1ccc(-c2ccc(-c3nc(-c4ccc5oc6ccccc6c5c4)nc(-c4cccc5c4oc4c5ccc5c6ccccc6n(-c6cccc(-c7ccccc7)c6)c54)n3)cc2)cc1. The van der Waals surface area contributed by atoms with Crippen molar-refractivity contribution in [2.24, 2.45) is 0 Å². The molecule has 0 radical (unpaired) electrons. The fourth-order valence-corrected chi connectivity index (χ4v) is 9.27. The van der Waals surface area contributed by atoms with Gasteiger partial charge in [0.1, 0.15) is 16.7 Å². The quantitative estimate of drug-likeness (QED) is 0.167. The van der Waals surface area contributed by atoms with Gasteiger partial charge in [-0.05, 0) is 76.9 Å². The summed E-state index contributed by atoms with van der Waals surface area (Å²) < 4.78 is 15.7. The Balaban J connectivity index is 1.03. The Hall–Kier alpha value is -8.61. The number of hydrogen-bond acceptors (Lipinski definition) is 5. The molecule has 4 heterocycles. The van der Waals surface area contributed by atoms with Crippen LogP contribution in [0.15, 0.2) is 215 Å². The summed E-state index contributed by atoms with van der Waals surface area (Å²) in [6.45, 7) is 0. The van der Waals surface area contributed by atoms with Crippen molar-refractivity contribution in [1.29, 1.82) is 0 Å². The molecule has 0 spiro atoms. The summed E-state index contributed by atoms with van der Waals surface area (Å²) in [5.74, 6) is 1.65. The normalized spacial score (nSPS) is 11.8. The van der Waals surface area contributed by atoms with Gasteiger partial charge in [0.25, 0.3) is 0 Å². The molecule has 0 amide bonds. The molecule has 0 atom stereocenters. The topological polar surface area (TPSA) is 69.9 Å². The van der Waals surface area contributed by atoms with Crippen LogP contribution >= 0.6 is 0 Å². The molecule has 0 fully saturated rings. The number of fused-ring (bicyclic) bond motifs is 10. The van der Waals surface area contributed by atoms with E-state index in [4.69, 9.17) is 23.8 Å². The van der Waals surface area contributed by atoms with Crippen LogP contribution in [0.4, 0.5) is 0 Å². The number of furan rings is 2.